The minimum atomic E-state index is -0.235. The first-order valence-electron chi connectivity index (χ1n) is 4.14. The summed E-state index contributed by atoms with van der Waals surface area (Å²) in [6, 6.07) is 10.3. The lowest BCUT2D eigenvalue weighted by molar-refractivity contribution is 0.631. The van der Waals surface area contributed by atoms with Crippen LogP contribution >= 0.6 is 15.9 Å². The molecule has 2 aromatic rings. The molecule has 1 heterocycles. The molecule has 0 spiro atoms. The summed E-state index contributed by atoms with van der Waals surface area (Å²) in [5, 5.41) is 0. The minimum Gasteiger partial charge on any atom is -0.249 e. The summed E-state index contributed by atoms with van der Waals surface area (Å²) in [5.74, 6) is -0.235. The Morgan fingerprint density at radius 2 is 1.71 bits per heavy atom. The molecule has 14 heavy (non-hydrogen) atoms. The summed E-state index contributed by atoms with van der Waals surface area (Å²) < 4.78 is 14.1. The highest BCUT2D eigenvalue weighted by atomic mass is 79.9. The van der Waals surface area contributed by atoms with E-state index < -0.39 is 0 Å². The standard InChI is InChI=1S/C11H7BrFN/c12-11-9(5-3-7-14-11)8-4-1-2-6-10(8)13/h1-7H. The lowest BCUT2D eigenvalue weighted by atomic mass is 10.1. The zero-order chi connectivity index (χ0) is 9.97. The maximum absolute atomic E-state index is 13.4. The van der Waals surface area contributed by atoms with Crippen molar-refractivity contribution >= 4 is 15.9 Å². The van der Waals surface area contributed by atoms with Crippen LogP contribution in [-0.4, -0.2) is 4.98 Å². The minimum absolute atomic E-state index is 0.235. The fourth-order valence-corrected chi connectivity index (χ4v) is 1.73. The van der Waals surface area contributed by atoms with E-state index in [-0.39, 0.29) is 5.82 Å². The Balaban J connectivity index is 2.61. The van der Waals surface area contributed by atoms with E-state index in [2.05, 4.69) is 20.9 Å². The highest BCUT2D eigenvalue weighted by molar-refractivity contribution is 9.10. The number of halogens is 2. The maximum Gasteiger partial charge on any atom is 0.131 e. The molecule has 0 N–H and O–H groups in total. The SMILES string of the molecule is Fc1ccccc1-c1cccnc1Br. The van der Waals surface area contributed by atoms with Crippen molar-refractivity contribution in [2.75, 3.05) is 0 Å². The quantitative estimate of drug-likeness (QED) is 0.706. The van der Waals surface area contributed by atoms with Gasteiger partial charge in [-0.1, -0.05) is 24.3 Å². The summed E-state index contributed by atoms with van der Waals surface area (Å²) in [6.45, 7) is 0. The molecule has 1 aromatic carbocycles. The molecule has 0 aliphatic carbocycles. The Hall–Kier alpha value is -1.22. The summed E-state index contributed by atoms with van der Waals surface area (Å²) in [7, 11) is 0. The van der Waals surface area contributed by atoms with E-state index in [1.165, 1.54) is 6.07 Å². The Morgan fingerprint density at radius 3 is 2.43 bits per heavy atom. The monoisotopic (exact) mass is 251 g/mol. The first kappa shape index (κ1) is 9.34. The zero-order valence-electron chi connectivity index (χ0n) is 7.24. The third-order valence-electron chi connectivity index (χ3n) is 1.92. The molecule has 0 saturated carbocycles. The summed E-state index contributed by atoms with van der Waals surface area (Å²) in [6.07, 6.45) is 1.66. The highest BCUT2D eigenvalue weighted by Crippen LogP contribution is 2.27. The van der Waals surface area contributed by atoms with Gasteiger partial charge < -0.3 is 0 Å². The largest absolute Gasteiger partial charge is 0.249 e. The van der Waals surface area contributed by atoms with Crippen molar-refractivity contribution in [1.82, 2.24) is 4.98 Å². The highest BCUT2D eigenvalue weighted by Gasteiger charge is 2.07. The molecule has 0 amide bonds. The van der Waals surface area contributed by atoms with Gasteiger partial charge in [-0.25, -0.2) is 9.37 Å². The molecule has 3 heteroatoms. The lowest BCUT2D eigenvalue weighted by Crippen LogP contribution is -1.86. The van der Waals surface area contributed by atoms with Crippen LogP contribution in [0.5, 0.6) is 0 Å². The van der Waals surface area contributed by atoms with Gasteiger partial charge in [-0.05, 0) is 28.1 Å². The van der Waals surface area contributed by atoms with Crippen LogP contribution in [0.25, 0.3) is 11.1 Å². The van der Waals surface area contributed by atoms with Gasteiger partial charge in [0.15, 0.2) is 0 Å². The third-order valence-corrected chi connectivity index (χ3v) is 2.56. The van der Waals surface area contributed by atoms with Crippen molar-refractivity contribution in [2.24, 2.45) is 0 Å². The number of hydrogen-bond acceptors (Lipinski definition) is 1. The molecular weight excluding hydrogens is 245 g/mol. The molecule has 0 aliphatic heterocycles. The Labute approximate surface area is 89.7 Å². The predicted octanol–water partition coefficient (Wildman–Crippen LogP) is 3.65. The molecule has 0 radical (unpaired) electrons. The van der Waals surface area contributed by atoms with Crippen molar-refractivity contribution in [3.8, 4) is 11.1 Å². The van der Waals surface area contributed by atoms with Gasteiger partial charge in [0, 0.05) is 17.3 Å². The van der Waals surface area contributed by atoms with Crippen molar-refractivity contribution in [2.45, 2.75) is 0 Å². The van der Waals surface area contributed by atoms with Crippen LogP contribution < -0.4 is 0 Å². The van der Waals surface area contributed by atoms with Gasteiger partial charge in [0.2, 0.25) is 0 Å². The van der Waals surface area contributed by atoms with Gasteiger partial charge in [0.25, 0.3) is 0 Å². The van der Waals surface area contributed by atoms with Crippen molar-refractivity contribution < 1.29 is 4.39 Å². The predicted molar refractivity (Wildman–Crippen MR) is 57.3 cm³/mol. The molecule has 70 valence electrons. The Kier molecular flexibility index (Phi) is 2.59. The molecular formula is C11H7BrFN. The third kappa shape index (κ3) is 1.68. The first-order chi connectivity index (χ1) is 6.79. The number of pyridine rings is 1. The average molecular weight is 252 g/mol. The lowest BCUT2D eigenvalue weighted by Gasteiger charge is -2.03. The van der Waals surface area contributed by atoms with Crippen molar-refractivity contribution in [3.05, 3.63) is 53.0 Å². The topological polar surface area (TPSA) is 12.9 Å². The van der Waals surface area contributed by atoms with Crippen LogP contribution in [0.3, 0.4) is 0 Å². The second-order valence-corrected chi connectivity index (χ2v) is 3.57. The van der Waals surface area contributed by atoms with Crippen LogP contribution in [0.1, 0.15) is 0 Å². The molecule has 1 nitrogen and oxygen atoms in total. The number of rotatable bonds is 1. The normalized spacial score (nSPS) is 10.1. The average Bonchev–Trinajstić information content (AvgIpc) is 2.20. The molecule has 0 aliphatic rings. The second kappa shape index (κ2) is 3.88. The van der Waals surface area contributed by atoms with Gasteiger partial charge in [-0.2, -0.15) is 0 Å². The van der Waals surface area contributed by atoms with E-state index in [1.807, 2.05) is 6.07 Å². The van der Waals surface area contributed by atoms with E-state index in [0.717, 1.165) is 5.56 Å². The summed E-state index contributed by atoms with van der Waals surface area (Å²) in [5.41, 5.74) is 1.33. The van der Waals surface area contributed by atoms with Crippen molar-refractivity contribution in [1.29, 1.82) is 0 Å². The zero-order valence-corrected chi connectivity index (χ0v) is 8.83. The van der Waals surface area contributed by atoms with E-state index in [9.17, 15) is 4.39 Å². The fraction of sp³-hybridized carbons (Fsp3) is 0. The Bertz CT molecular complexity index is 413. The molecule has 0 saturated heterocycles. The molecule has 1 aromatic heterocycles. The van der Waals surface area contributed by atoms with Crippen molar-refractivity contribution in [3.63, 3.8) is 0 Å². The van der Waals surface area contributed by atoms with Crippen LogP contribution in [0, 0.1) is 5.82 Å². The van der Waals surface area contributed by atoms with Gasteiger partial charge in [-0.15, -0.1) is 0 Å². The Morgan fingerprint density at radius 1 is 1.00 bits per heavy atom. The van der Waals surface area contributed by atoms with E-state index in [1.54, 1.807) is 30.5 Å². The maximum atomic E-state index is 13.4. The molecule has 0 unspecified atom stereocenters. The molecule has 0 fully saturated rings. The molecule has 0 bridgehead atoms. The van der Waals surface area contributed by atoms with Gasteiger partial charge in [0.1, 0.15) is 10.4 Å². The molecule has 2 rings (SSSR count). The van der Waals surface area contributed by atoms with Crippen LogP contribution in [0.15, 0.2) is 47.2 Å². The van der Waals surface area contributed by atoms with Crippen LogP contribution in [0.4, 0.5) is 4.39 Å². The van der Waals surface area contributed by atoms with Gasteiger partial charge >= 0.3 is 0 Å². The van der Waals surface area contributed by atoms with E-state index in [0.29, 0.717) is 10.2 Å². The fourth-order valence-electron chi connectivity index (χ4n) is 1.27. The van der Waals surface area contributed by atoms with Gasteiger partial charge in [-0.3, -0.25) is 0 Å². The first-order valence-corrected chi connectivity index (χ1v) is 4.94. The smallest absolute Gasteiger partial charge is 0.131 e. The number of nitrogens with zero attached hydrogens (tertiary/aromatic N) is 1. The number of benzene rings is 1. The molecule has 0 atom stereocenters. The summed E-state index contributed by atoms with van der Waals surface area (Å²) in [4.78, 5) is 4.05. The van der Waals surface area contributed by atoms with Gasteiger partial charge in [0.05, 0.1) is 0 Å². The number of aromatic nitrogens is 1. The summed E-state index contributed by atoms with van der Waals surface area (Å²) >= 11 is 3.29. The van der Waals surface area contributed by atoms with E-state index in [4.69, 9.17) is 0 Å². The van der Waals surface area contributed by atoms with Crippen LogP contribution in [0.2, 0.25) is 0 Å². The van der Waals surface area contributed by atoms with E-state index >= 15 is 0 Å². The van der Waals surface area contributed by atoms with Crippen LogP contribution in [-0.2, 0) is 0 Å². The second-order valence-electron chi connectivity index (χ2n) is 2.82. The number of hydrogen-bond donors (Lipinski definition) is 0.